The van der Waals surface area contributed by atoms with Gasteiger partial charge in [0.1, 0.15) is 6.04 Å². The van der Waals surface area contributed by atoms with Gasteiger partial charge in [0.15, 0.2) is 0 Å². The Kier molecular flexibility index (Phi) is 5.47. The highest BCUT2D eigenvalue weighted by Crippen LogP contribution is 2.44. The molecule has 2 aromatic carbocycles. The van der Waals surface area contributed by atoms with Gasteiger partial charge < -0.3 is 9.90 Å². The summed E-state index contributed by atoms with van der Waals surface area (Å²) in [6, 6.07) is 19.8. The molecule has 0 saturated heterocycles. The third kappa shape index (κ3) is 4.09. The van der Waals surface area contributed by atoms with Crippen LogP contribution >= 0.6 is 0 Å². The summed E-state index contributed by atoms with van der Waals surface area (Å²) in [4.78, 5) is 23.7. The number of hydrazine groups is 1. The van der Waals surface area contributed by atoms with Crippen LogP contribution in [0.4, 0.5) is 0 Å². The lowest BCUT2D eigenvalue weighted by Gasteiger charge is -2.27. The lowest BCUT2D eigenvalue weighted by atomic mass is 9.86. The molecule has 1 N–H and O–H groups in total. The summed E-state index contributed by atoms with van der Waals surface area (Å²) in [5, 5.41) is 12.5. The summed E-state index contributed by atoms with van der Waals surface area (Å²) < 4.78 is 0. The van der Waals surface area contributed by atoms with Gasteiger partial charge in [-0.3, -0.25) is 10.2 Å². The van der Waals surface area contributed by atoms with Crippen LogP contribution in [0.25, 0.3) is 6.08 Å². The summed E-state index contributed by atoms with van der Waals surface area (Å²) >= 11 is 0. The van der Waals surface area contributed by atoms with Crippen molar-refractivity contribution in [3.63, 3.8) is 0 Å². The SMILES string of the molecule is O=C([O-])CCC(=O)N1NC2=C(CCC/C2=C\c2ccccc2)[C@@H]1c1ccccc1. The molecule has 5 heteroatoms. The number of rotatable bonds is 5. The van der Waals surface area contributed by atoms with Crippen LogP contribution in [0.5, 0.6) is 0 Å². The predicted molar refractivity (Wildman–Crippen MR) is 109 cm³/mol. The van der Waals surface area contributed by atoms with Crippen LogP contribution < -0.4 is 10.5 Å². The van der Waals surface area contributed by atoms with Gasteiger partial charge in [-0.1, -0.05) is 60.7 Å². The molecule has 1 amide bonds. The molecule has 0 unspecified atom stereocenters. The van der Waals surface area contributed by atoms with Gasteiger partial charge in [-0.25, -0.2) is 5.01 Å². The van der Waals surface area contributed by atoms with Crippen molar-refractivity contribution < 1.29 is 14.7 Å². The van der Waals surface area contributed by atoms with Crippen LogP contribution in [-0.2, 0) is 9.59 Å². The number of nitrogens with zero attached hydrogens (tertiary/aromatic N) is 1. The number of carbonyl (C=O) groups is 2. The molecule has 2 aromatic rings. The molecule has 0 fully saturated rings. The highest BCUT2D eigenvalue weighted by atomic mass is 16.4. The standard InChI is InChI=1S/C24H24N2O3/c27-21(14-15-22(28)29)26-24(18-10-5-2-6-11-18)20-13-7-12-19(23(20)25-26)16-17-8-3-1-4-9-17/h1-6,8-11,16,24-25H,7,12-15H2,(H,28,29)/p-1/b19-16+/t24-/m0/s1. The summed E-state index contributed by atoms with van der Waals surface area (Å²) in [6.07, 6.45) is 4.65. The molecule has 5 nitrogen and oxygen atoms in total. The second-order valence-corrected chi connectivity index (χ2v) is 7.39. The number of nitrogens with one attached hydrogen (secondary N) is 1. The molecule has 0 spiro atoms. The first-order valence-electron chi connectivity index (χ1n) is 9.96. The van der Waals surface area contributed by atoms with Crippen LogP contribution in [0.15, 0.2) is 77.5 Å². The third-order valence-corrected chi connectivity index (χ3v) is 5.42. The Morgan fingerprint density at radius 3 is 2.38 bits per heavy atom. The van der Waals surface area contributed by atoms with E-state index in [0.717, 1.165) is 36.1 Å². The van der Waals surface area contributed by atoms with Crippen molar-refractivity contribution in [1.82, 2.24) is 10.4 Å². The Morgan fingerprint density at radius 1 is 1.00 bits per heavy atom. The monoisotopic (exact) mass is 387 g/mol. The van der Waals surface area contributed by atoms with E-state index in [9.17, 15) is 14.7 Å². The zero-order valence-corrected chi connectivity index (χ0v) is 16.1. The van der Waals surface area contributed by atoms with Crippen molar-refractivity contribution in [3.8, 4) is 0 Å². The smallest absolute Gasteiger partial charge is 0.242 e. The molecular formula is C24H23N2O3-. The molecule has 1 heterocycles. The predicted octanol–water partition coefficient (Wildman–Crippen LogP) is 3.13. The molecule has 0 saturated carbocycles. The Labute approximate surface area is 170 Å². The topological polar surface area (TPSA) is 72.5 Å². The zero-order chi connectivity index (χ0) is 20.2. The summed E-state index contributed by atoms with van der Waals surface area (Å²) in [7, 11) is 0. The van der Waals surface area contributed by atoms with Gasteiger partial charge in [0.2, 0.25) is 5.91 Å². The van der Waals surface area contributed by atoms with Gasteiger partial charge in [-0.2, -0.15) is 0 Å². The number of hydrogen-bond acceptors (Lipinski definition) is 4. The highest BCUT2D eigenvalue weighted by Gasteiger charge is 2.38. The number of amides is 1. The second kappa shape index (κ2) is 8.35. The van der Waals surface area contributed by atoms with E-state index in [1.807, 2.05) is 48.5 Å². The second-order valence-electron chi connectivity index (χ2n) is 7.39. The number of carbonyl (C=O) groups excluding carboxylic acids is 2. The van der Waals surface area contributed by atoms with Gasteiger partial charge in [-0.05, 0) is 54.0 Å². The number of carboxylic acids is 1. The molecular weight excluding hydrogens is 364 g/mol. The average molecular weight is 387 g/mol. The number of allylic oxidation sites excluding steroid dienone is 1. The molecule has 1 aliphatic carbocycles. The van der Waals surface area contributed by atoms with Crippen molar-refractivity contribution >= 4 is 18.0 Å². The van der Waals surface area contributed by atoms with Crippen molar-refractivity contribution in [2.75, 3.05) is 0 Å². The quantitative estimate of drug-likeness (QED) is 0.856. The van der Waals surface area contributed by atoms with E-state index in [0.29, 0.717) is 0 Å². The maximum Gasteiger partial charge on any atom is 0.242 e. The molecule has 1 aliphatic heterocycles. The highest BCUT2D eigenvalue weighted by molar-refractivity contribution is 5.81. The number of aliphatic carboxylic acids is 1. The molecule has 0 bridgehead atoms. The van der Waals surface area contributed by atoms with Crippen molar-refractivity contribution in [2.24, 2.45) is 0 Å². The van der Waals surface area contributed by atoms with Gasteiger partial charge in [-0.15, -0.1) is 0 Å². The summed E-state index contributed by atoms with van der Waals surface area (Å²) in [5.74, 6) is -1.45. The van der Waals surface area contributed by atoms with E-state index in [4.69, 9.17) is 0 Å². The van der Waals surface area contributed by atoms with Crippen molar-refractivity contribution in [3.05, 3.63) is 88.6 Å². The first-order valence-corrected chi connectivity index (χ1v) is 9.96. The number of benzene rings is 2. The van der Waals surface area contributed by atoms with Gasteiger partial charge >= 0.3 is 0 Å². The lowest BCUT2D eigenvalue weighted by molar-refractivity contribution is -0.305. The van der Waals surface area contributed by atoms with Gasteiger partial charge in [0.05, 0.1) is 5.70 Å². The molecule has 4 rings (SSSR count). The maximum absolute atomic E-state index is 12.9. The van der Waals surface area contributed by atoms with E-state index in [1.165, 1.54) is 11.1 Å². The fourth-order valence-electron chi connectivity index (χ4n) is 4.10. The summed E-state index contributed by atoms with van der Waals surface area (Å²) in [5.41, 5.74) is 8.82. The fraction of sp³-hybridized carbons (Fsp3) is 0.250. The molecule has 148 valence electrons. The molecule has 1 atom stereocenters. The minimum Gasteiger partial charge on any atom is -0.550 e. The maximum atomic E-state index is 12.9. The van der Waals surface area contributed by atoms with E-state index >= 15 is 0 Å². The molecule has 29 heavy (non-hydrogen) atoms. The summed E-state index contributed by atoms with van der Waals surface area (Å²) in [6.45, 7) is 0. The first kappa shape index (κ1) is 19.0. The average Bonchev–Trinajstić information content (AvgIpc) is 3.14. The molecule has 2 aliphatic rings. The minimum atomic E-state index is -1.21. The van der Waals surface area contributed by atoms with Crippen LogP contribution in [0.3, 0.4) is 0 Å². The van der Waals surface area contributed by atoms with Crippen LogP contribution in [0, 0.1) is 0 Å². The Morgan fingerprint density at radius 2 is 1.69 bits per heavy atom. The van der Waals surface area contributed by atoms with Crippen LogP contribution in [-0.4, -0.2) is 16.9 Å². The first-order chi connectivity index (χ1) is 14.1. The Balaban J connectivity index is 1.71. The van der Waals surface area contributed by atoms with Crippen molar-refractivity contribution in [2.45, 2.75) is 38.1 Å². The zero-order valence-electron chi connectivity index (χ0n) is 16.1. The van der Waals surface area contributed by atoms with Crippen LogP contribution in [0.1, 0.15) is 49.3 Å². The number of carboxylic acid groups (broad SMARTS) is 1. The van der Waals surface area contributed by atoms with E-state index < -0.39 is 5.97 Å². The Hall–Kier alpha value is -3.34. The van der Waals surface area contributed by atoms with Crippen LogP contribution in [0.2, 0.25) is 0 Å². The largest absolute Gasteiger partial charge is 0.550 e. The van der Waals surface area contributed by atoms with E-state index in [2.05, 4.69) is 23.6 Å². The lowest BCUT2D eigenvalue weighted by Crippen LogP contribution is -2.40. The van der Waals surface area contributed by atoms with Crippen molar-refractivity contribution in [1.29, 1.82) is 0 Å². The molecule has 0 aromatic heterocycles. The minimum absolute atomic E-state index is 0.0863. The normalized spacial score (nSPS) is 19.8. The Bertz CT molecular complexity index is 964. The van der Waals surface area contributed by atoms with Gasteiger partial charge in [0.25, 0.3) is 0 Å². The third-order valence-electron chi connectivity index (χ3n) is 5.42. The van der Waals surface area contributed by atoms with E-state index in [-0.39, 0.29) is 24.8 Å². The fourth-order valence-corrected chi connectivity index (χ4v) is 4.10. The number of hydrogen-bond donors (Lipinski definition) is 1. The van der Waals surface area contributed by atoms with Gasteiger partial charge in [0, 0.05) is 12.4 Å². The molecule has 0 radical (unpaired) electrons. The van der Waals surface area contributed by atoms with E-state index in [1.54, 1.807) is 5.01 Å².